The fraction of sp³-hybridized carbons (Fsp3) is 0.889. The third-order valence-electron chi connectivity index (χ3n) is 2.39. The number of nitrogens with zero attached hydrogens (tertiary/aromatic N) is 1. The van der Waals surface area contributed by atoms with E-state index < -0.39 is 0 Å². The van der Waals surface area contributed by atoms with Gasteiger partial charge in [0.2, 0.25) is 0 Å². The molecule has 1 unspecified atom stereocenters. The largest absolute Gasteiger partial charge is 0.396 e. The van der Waals surface area contributed by atoms with Gasteiger partial charge in [0, 0.05) is 26.2 Å². The molecule has 2 N–H and O–H groups in total. The van der Waals surface area contributed by atoms with E-state index in [0.717, 1.165) is 37.6 Å². The summed E-state index contributed by atoms with van der Waals surface area (Å²) in [5, 5.41) is 13.0. The number of hydrogen-bond acceptors (Lipinski definition) is 2. The molecule has 0 amide bonds. The first-order valence-electron chi connectivity index (χ1n) is 4.91. The Morgan fingerprint density at radius 1 is 1.69 bits per heavy atom. The molecule has 1 fully saturated rings. The average Bonchev–Trinajstić information content (AvgIpc) is 2.18. The van der Waals surface area contributed by atoms with Crippen molar-refractivity contribution in [1.29, 1.82) is 0 Å². The van der Waals surface area contributed by atoms with Crippen molar-refractivity contribution in [2.75, 3.05) is 26.2 Å². The second-order valence-corrected chi connectivity index (χ2v) is 3.86. The van der Waals surface area contributed by atoms with Crippen LogP contribution in [0.15, 0.2) is 0 Å². The summed E-state index contributed by atoms with van der Waals surface area (Å²) in [6.45, 7) is 5.13. The maximum atomic E-state index is 9.03. The molecule has 1 atom stereocenters. The highest BCUT2D eigenvalue weighted by Crippen LogP contribution is 2.15. The maximum Gasteiger partial charge on any atom is 0.168 e. The summed E-state index contributed by atoms with van der Waals surface area (Å²) in [7, 11) is 0. The van der Waals surface area contributed by atoms with Crippen LogP contribution in [0.1, 0.15) is 19.8 Å². The van der Waals surface area contributed by atoms with Gasteiger partial charge in [0.1, 0.15) is 0 Å². The number of piperidine rings is 1. The predicted octanol–water partition coefficient (Wildman–Crippen LogP) is 0.585. The van der Waals surface area contributed by atoms with E-state index in [-0.39, 0.29) is 6.61 Å². The van der Waals surface area contributed by atoms with Gasteiger partial charge in [0.15, 0.2) is 5.11 Å². The molecule has 1 aliphatic heterocycles. The van der Waals surface area contributed by atoms with Gasteiger partial charge in [-0.05, 0) is 37.9 Å². The molecular weight excluding hydrogens is 184 g/mol. The van der Waals surface area contributed by atoms with Crippen LogP contribution in [0.25, 0.3) is 0 Å². The minimum absolute atomic E-state index is 0.283. The summed E-state index contributed by atoms with van der Waals surface area (Å²) in [4.78, 5) is 2.16. The van der Waals surface area contributed by atoms with Crippen molar-refractivity contribution in [3.63, 3.8) is 0 Å². The van der Waals surface area contributed by atoms with Crippen molar-refractivity contribution in [3.05, 3.63) is 0 Å². The monoisotopic (exact) mass is 202 g/mol. The molecule has 1 rings (SSSR count). The molecule has 0 aromatic rings. The Bertz CT molecular complexity index is 175. The number of rotatable bonds is 2. The van der Waals surface area contributed by atoms with Crippen molar-refractivity contribution in [2.24, 2.45) is 5.92 Å². The third-order valence-corrected chi connectivity index (χ3v) is 2.79. The van der Waals surface area contributed by atoms with Crippen LogP contribution in [0.3, 0.4) is 0 Å². The SMILES string of the molecule is CCNC(=S)N1CCCC(CO)C1. The Hall–Kier alpha value is -0.350. The van der Waals surface area contributed by atoms with Crippen LogP contribution in [-0.4, -0.2) is 41.4 Å². The molecule has 76 valence electrons. The fourth-order valence-electron chi connectivity index (χ4n) is 1.66. The number of nitrogens with one attached hydrogen (secondary N) is 1. The molecule has 3 nitrogen and oxygen atoms in total. The standard InChI is InChI=1S/C9H18N2OS/c1-2-10-9(13)11-5-3-4-8(6-11)7-12/h8,12H,2-7H2,1H3,(H,10,13). The zero-order valence-corrected chi connectivity index (χ0v) is 8.94. The van der Waals surface area contributed by atoms with Crippen LogP contribution in [-0.2, 0) is 0 Å². The van der Waals surface area contributed by atoms with Gasteiger partial charge < -0.3 is 15.3 Å². The van der Waals surface area contributed by atoms with Gasteiger partial charge >= 0.3 is 0 Å². The number of aliphatic hydroxyl groups is 1. The lowest BCUT2D eigenvalue weighted by Gasteiger charge is -2.33. The first-order valence-corrected chi connectivity index (χ1v) is 5.32. The molecule has 0 aromatic carbocycles. The highest BCUT2D eigenvalue weighted by Gasteiger charge is 2.20. The van der Waals surface area contributed by atoms with Crippen molar-refractivity contribution < 1.29 is 5.11 Å². The maximum absolute atomic E-state index is 9.03. The van der Waals surface area contributed by atoms with Crippen LogP contribution in [0.5, 0.6) is 0 Å². The van der Waals surface area contributed by atoms with Crippen LogP contribution in [0.4, 0.5) is 0 Å². The molecule has 0 bridgehead atoms. The summed E-state index contributed by atoms with van der Waals surface area (Å²) >= 11 is 5.21. The quantitative estimate of drug-likeness (QED) is 0.642. The van der Waals surface area contributed by atoms with Crippen LogP contribution < -0.4 is 5.32 Å². The smallest absolute Gasteiger partial charge is 0.168 e. The van der Waals surface area contributed by atoms with E-state index in [1.807, 2.05) is 6.92 Å². The van der Waals surface area contributed by atoms with E-state index in [9.17, 15) is 0 Å². The number of hydrogen-bond donors (Lipinski definition) is 2. The lowest BCUT2D eigenvalue weighted by atomic mass is 9.99. The Morgan fingerprint density at radius 2 is 2.46 bits per heavy atom. The average molecular weight is 202 g/mol. The number of thiocarbonyl (C=S) groups is 1. The second-order valence-electron chi connectivity index (χ2n) is 3.47. The van der Waals surface area contributed by atoms with Gasteiger partial charge in [-0.3, -0.25) is 0 Å². The van der Waals surface area contributed by atoms with Crippen molar-refractivity contribution in [3.8, 4) is 0 Å². The lowest BCUT2D eigenvalue weighted by molar-refractivity contribution is 0.160. The molecule has 0 aromatic heterocycles. The Morgan fingerprint density at radius 3 is 3.08 bits per heavy atom. The molecular formula is C9H18N2OS. The highest BCUT2D eigenvalue weighted by molar-refractivity contribution is 7.80. The molecule has 0 aliphatic carbocycles. The van der Waals surface area contributed by atoms with Crippen molar-refractivity contribution in [2.45, 2.75) is 19.8 Å². The minimum Gasteiger partial charge on any atom is -0.396 e. The minimum atomic E-state index is 0.283. The van der Waals surface area contributed by atoms with E-state index in [1.54, 1.807) is 0 Å². The Labute approximate surface area is 85.1 Å². The summed E-state index contributed by atoms with van der Waals surface area (Å²) in [6.07, 6.45) is 2.26. The normalized spacial score (nSPS) is 22.9. The van der Waals surface area contributed by atoms with E-state index >= 15 is 0 Å². The van der Waals surface area contributed by atoms with Crippen molar-refractivity contribution >= 4 is 17.3 Å². The number of aliphatic hydroxyl groups excluding tert-OH is 1. The molecule has 1 saturated heterocycles. The zero-order chi connectivity index (χ0) is 9.68. The number of likely N-dealkylation sites (tertiary alicyclic amines) is 1. The topological polar surface area (TPSA) is 35.5 Å². The Balaban J connectivity index is 2.37. The molecule has 13 heavy (non-hydrogen) atoms. The summed E-state index contributed by atoms with van der Waals surface area (Å²) in [5.41, 5.74) is 0. The summed E-state index contributed by atoms with van der Waals surface area (Å²) in [6, 6.07) is 0. The van der Waals surface area contributed by atoms with Crippen LogP contribution >= 0.6 is 12.2 Å². The van der Waals surface area contributed by atoms with Gasteiger partial charge in [-0.2, -0.15) is 0 Å². The first-order chi connectivity index (χ1) is 6.27. The second kappa shape index (κ2) is 5.40. The fourth-order valence-corrected chi connectivity index (χ4v) is 1.97. The van der Waals surface area contributed by atoms with Gasteiger partial charge in [-0.25, -0.2) is 0 Å². The molecule has 4 heteroatoms. The molecule has 0 radical (unpaired) electrons. The van der Waals surface area contributed by atoms with Gasteiger partial charge in [-0.15, -0.1) is 0 Å². The first kappa shape index (κ1) is 10.7. The summed E-state index contributed by atoms with van der Waals surface area (Å²) in [5.74, 6) is 0.408. The molecule has 0 saturated carbocycles. The van der Waals surface area contributed by atoms with E-state index in [1.165, 1.54) is 0 Å². The van der Waals surface area contributed by atoms with E-state index in [4.69, 9.17) is 17.3 Å². The molecule has 1 heterocycles. The van der Waals surface area contributed by atoms with Gasteiger partial charge in [0.05, 0.1) is 0 Å². The van der Waals surface area contributed by atoms with Crippen LogP contribution in [0.2, 0.25) is 0 Å². The van der Waals surface area contributed by atoms with E-state index in [2.05, 4.69) is 10.2 Å². The highest BCUT2D eigenvalue weighted by atomic mass is 32.1. The van der Waals surface area contributed by atoms with Gasteiger partial charge in [-0.1, -0.05) is 0 Å². The zero-order valence-electron chi connectivity index (χ0n) is 8.12. The van der Waals surface area contributed by atoms with Crippen LogP contribution in [0, 0.1) is 5.92 Å². The summed E-state index contributed by atoms with van der Waals surface area (Å²) < 4.78 is 0. The third kappa shape index (κ3) is 3.12. The van der Waals surface area contributed by atoms with Gasteiger partial charge in [0.25, 0.3) is 0 Å². The lowest BCUT2D eigenvalue weighted by Crippen LogP contribution is -2.45. The van der Waals surface area contributed by atoms with Crippen molar-refractivity contribution in [1.82, 2.24) is 10.2 Å². The Kier molecular flexibility index (Phi) is 4.45. The molecule has 1 aliphatic rings. The predicted molar refractivity (Wildman–Crippen MR) is 57.7 cm³/mol. The van der Waals surface area contributed by atoms with E-state index in [0.29, 0.717) is 5.92 Å². The molecule has 0 spiro atoms.